The van der Waals surface area contributed by atoms with Crippen molar-refractivity contribution in [2.45, 2.75) is 0 Å². The molecule has 308 valence electrons. The molecule has 13 aromatic rings. The molecule has 0 bridgehead atoms. The lowest BCUT2D eigenvalue weighted by atomic mass is 9.84. The summed E-state index contributed by atoms with van der Waals surface area (Å²) in [6, 6.07) is 93.3. The van der Waals surface area contributed by atoms with Gasteiger partial charge in [0.1, 0.15) is 0 Å². The summed E-state index contributed by atoms with van der Waals surface area (Å²) in [6.07, 6.45) is 0. The minimum absolute atomic E-state index is 1.08. The highest BCUT2D eigenvalue weighted by molar-refractivity contribution is 6.22. The Labute approximate surface area is 383 Å². The quantitative estimate of drug-likeness (QED) is 0.145. The molecular formula is C64H42N2. The molecule has 0 fully saturated rings. The van der Waals surface area contributed by atoms with Crippen molar-refractivity contribution in [1.29, 1.82) is 0 Å². The van der Waals surface area contributed by atoms with Crippen molar-refractivity contribution in [3.63, 3.8) is 0 Å². The van der Waals surface area contributed by atoms with E-state index in [-0.39, 0.29) is 0 Å². The average Bonchev–Trinajstić information content (AvgIpc) is 3.74. The van der Waals surface area contributed by atoms with Crippen molar-refractivity contribution in [3.05, 3.63) is 255 Å². The van der Waals surface area contributed by atoms with Gasteiger partial charge in [-0.2, -0.15) is 0 Å². The fourth-order valence-corrected chi connectivity index (χ4v) is 10.6. The van der Waals surface area contributed by atoms with Gasteiger partial charge in [-0.25, -0.2) is 0 Å². The molecule has 2 nitrogen and oxygen atoms in total. The summed E-state index contributed by atoms with van der Waals surface area (Å²) in [5.74, 6) is 0. The zero-order valence-electron chi connectivity index (χ0n) is 36.1. The van der Waals surface area contributed by atoms with E-state index in [9.17, 15) is 0 Å². The number of fused-ring (bicyclic) bond motifs is 9. The van der Waals surface area contributed by atoms with Gasteiger partial charge in [-0.3, -0.25) is 0 Å². The molecule has 1 heterocycles. The molecule has 0 saturated heterocycles. The number of hydrogen-bond donors (Lipinski definition) is 0. The minimum Gasteiger partial charge on any atom is -0.308 e. The van der Waals surface area contributed by atoms with E-state index in [0.29, 0.717) is 0 Å². The van der Waals surface area contributed by atoms with Crippen molar-refractivity contribution in [1.82, 2.24) is 4.57 Å². The van der Waals surface area contributed by atoms with Gasteiger partial charge in [0.2, 0.25) is 0 Å². The Kier molecular flexibility index (Phi) is 8.89. The number of para-hydroxylation sites is 3. The van der Waals surface area contributed by atoms with Gasteiger partial charge >= 0.3 is 0 Å². The molecule has 0 atom stereocenters. The first kappa shape index (κ1) is 37.8. The van der Waals surface area contributed by atoms with Crippen LogP contribution < -0.4 is 4.90 Å². The largest absolute Gasteiger partial charge is 0.308 e. The van der Waals surface area contributed by atoms with Crippen LogP contribution in [0.4, 0.5) is 17.1 Å². The maximum Gasteiger partial charge on any atom is 0.0782 e. The fourth-order valence-electron chi connectivity index (χ4n) is 10.6. The lowest BCUT2D eigenvalue weighted by Gasteiger charge is -2.29. The number of hydrogen-bond acceptors (Lipinski definition) is 1. The van der Waals surface area contributed by atoms with Crippen LogP contribution in [0.2, 0.25) is 0 Å². The predicted octanol–water partition coefficient (Wildman–Crippen LogP) is 17.9. The Morgan fingerprint density at radius 2 is 0.788 bits per heavy atom. The van der Waals surface area contributed by atoms with Crippen molar-refractivity contribution >= 4 is 82.0 Å². The highest BCUT2D eigenvalue weighted by Crippen LogP contribution is 2.48. The van der Waals surface area contributed by atoms with Crippen LogP contribution in [0.15, 0.2) is 255 Å². The highest BCUT2D eigenvalue weighted by atomic mass is 15.2. The summed E-state index contributed by atoms with van der Waals surface area (Å²) in [5, 5.41) is 12.3. The van der Waals surface area contributed by atoms with Crippen LogP contribution in [-0.4, -0.2) is 4.57 Å². The molecule has 0 spiro atoms. The van der Waals surface area contributed by atoms with Crippen molar-refractivity contribution in [2.75, 3.05) is 4.90 Å². The highest BCUT2D eigenvalue weighted by Gasteiger charge is 2.24. The smallest absolute Gasteiger partial charge is 0.0782 e. The van der Waals surface area contributed by atoms with E-state index < -0.39 is 0 Å². The molecule has 0 unspecified atom stereocenters. The van der Waals surface area contributed by atoms with E-state index in [4.69, 9.17) is 0 Å². The standard InChI is InChI=1S/C64H42N2/c1-4-19-44(20-5-1)62-56-31-15-13-28-52(56)53-40-37-46(41-58(53)63(62)45-21-6-2-7-22-45)43-35-38-49(39-36-43)65(61-42-47-23-10-11-26-50(47)51-27-12-14-29-54(51)61)60-34-18-32-57-55-30-16-17-33-59(55)66(64(57)60)48-24-8-3-9-25-48/h1-42H. The van der Waals surface area contributed by atoms with E-state index in [0.717, 1.165) is 33.8 Å². The SMILES string of the molecule is c1ccc(-c2c(-c3ccccc3)c3cc(-c4ccc(N(c5cc6ccccc6c6ccccc56)c5cccc6c7ccccc7n(-c7ccccc7)c56)cc4)ccc3c3ccccc23)cc1. The van der Waals surface area contributed by atoms with Gasteiger partial charge in [0.25, 0.3) is 0 Å². The zero-order chi connectivity index (χ0) is 43.6. The molecule has 0 amide bonds. The summed E-state index contributed by atoms with van der Waals surface area (Å²) in [4.78, 5) is 2.49. The lowest BCUT2D eigenvalue weighted by molar-refractivity contribution is 1.17. The fraction of sp³-hybridized carbons (Fsp3) is 0. The second-order valence-corrected chi connectivity index (χ2v) is 17.2. The van der Waals surface area contributed by atoms with Gasteiger partial charge in [-0.05, 0) is 120 Å². The van der Waals surface area contributed by atoms with Crippen LogP contribution in [0.5, 0.6) is 0 Å². The van der Waals surface area contributed by atoms with Gasteiger partial charge in [-0.1, -0.05) is 206 Å². The van der Waals surface area contributed by atoms with Gasteiger partial charge in [-0.15, -0.1) is 0 Å². The zero-order valence-corrected chi connectivity index (χ0v) is 36.1. The van der Waals surface area contributed by atoms with Gasteiger partial charge in [0.05, 0.1) is 22.4 Å². The van der Waals surface area contributed by atoms with Crippen LogP contribution in [0.3, 0.4) is 0 Å². The van der Waals surface area contributed by atoms with Crippen molar-refractivity contribution in [2.24, 2.45) is 0 Å². The Morgan fingerprint density at radius 3 is 1.50 bits per heavy atom. The van der Waals surface area contributed by atoms with Gasteiger partial charge < -0.3 is 9.47 Å². The number of rotatable bonds is 7. The molecule has 0 aliphatic rings. The number of anilines is 3. The Balaban J connectivity index is 1.05. The van der Waals surface area contributed by atoms with Crippen LogP contribution in [0.25, 0.3) is 104 Å². The normalized spacial score (nSPS) is 11.6. The van der Waals surface area contributed by atoms with Crippen LogP contribution in [-0.2, 0) is 0 Å². The average molecular weight is 839 g/mol. The Morgan fingerprint density at radius 1 is 0.273 bits per heavy atom. The van der Waals surface area contributed by atoms with Crippen molar-refractivity contribution in [3.8, 4) is 39.1 Å². The second kappa shape index (κ2) is 15.5. The molecule has 66 heavy (non-hydrogen) atoms. The third kappa shape index (κ3) is 6.04. The third-order valence-corrected chi connectivity index (χ3v) is 13.5. The van der Waals surface area contributed by atoms with E-state index >= 15 is 0 Å². The molecule has 0 saturated carbocycles. The lowest BCUT2D eigenvalue weighted by Crippen LogP contribution is -2.12. The summed E-state index contributed by atoms with van der Waals surface area (Å²) in [5.41, 5.74) is 14.1. The first-order valence-corrected chi connectivity index (χ1v) is 22.8. The topological polar surface area (TPSA) is 8.17 Å². The molecule has 0 aliphatic heterocycles. The monoisotopic (exact) mass is 838 g/mol. The van der Waals surface area contributed by atoms with E-state index in [1.165, 1.54) is 87.2 Å². The second-order valence-electron chi connectivity index (χ2n) is 17.2. The molecule has 1 aromatic heterocycles. The summed E-state index contributed by atoms with van der Waals surface area (Å²) in [6.45, 7) is 0. The molecule has 12 aromatic carbocycles. The molecule has 0 radical (unpaired) electrons. The molecule has 0 N–H and O–H groups in total. The molecule has 0 aliphatic carbocycles. The maximum atomic E-state index is 2.49. The molecular weight excluding hydrogens is 797 g/mol. The van der Waals surface area contributed by atoms with Gasteiger partial charge in [0.15, 0.2) is 0 Å². The first-order valence-electron chi connectivity index (χ1n) is 22.8. The van der Waals surface area contributed by atoms with Gasteiger partial charge in [0, 0.05) is 27.5 Å². The van der Waals surface area contributed by atoms with E-state index in [1.54, 1.807) is 0 Å². The predicted molar refractivity (Wildman–Crippen MR) is 282 cm³/mol. The third-order valence-electron chi connectivity index (χ3n) is 13.5. The van der Waals surface area contributed by atoms with Crippen LogP contribution in [0.1, 0.15) is 0 Å². The summed E-state index contributed by atoms with van der Waals surface area (Å²) < 4.78 is 2.44. The number of aromatic nitrogens is 1. The van der Waals surface area contributed by atoms with E-state index in [1.807, 2.05) is 0 Å². The van der Waals surface area contributed by atoms with Crippen LogP contribution in [0, 0.1) is 0 Å². The minimum atomic E-state index is 1.08. The van der Waals surface area contributed by atoms with Crippen molar-refractivity contribution < 1.29 is 0 Å². The maximum absolute atomic E-state index is 2.49. The summed E-state index contributed by atoms with van der Waals surface area (Å²) >= 11 is 0. The number of benzene rings is 12. The Bertz CT molecular complexity index is 3960. The van der Waals surface area contributed by atoms with E-state index in [2.05, 4.69) is 264 Å². The summed E-state index contributed by atoms with van der Waals surface area (Å²) in [7, 11) is 0. The number of nitrogens with zero attached hydrogens (tertiary/aromatic N) is 2. The molecule has 2 heteroatoms. The molecule has 13 rings (SSSR count). The first-order chi connectivity index (χ1) is 32.8. The Hall–Kier alpha value is -8.72. The van der Waals surface area contributed by atoms with Crippen LogP contribution >= 0.6 is 0 Å².